The first-order valence-electron chi connectivity index (χ1n) is 7.95. The summed E-state index contributed by atoms with van der Waals surface area (Å²) in [7, 11) is 2.13. The number of aromatic nitrogens is 7. The molecule has 4 heterocycles. The molecule has 1 aliphatic rings. The number of likely N-dealkylation sites (N-methyl/N-ethyl adjacent to an activating group) is 1. The van der Waals surface area contributed by atoms with Gasteiger partial charge in [-0.25, -0.2) is 9.97 Å². The van der Waals surface area contributed by atoms with Crippen LogP contribution in [0.3, 0.4) is 0 Å². The van der Waals surface area contributed by atoms with Crippen molar-refractivity contribution in [2.45, 2.75) is 13.8 Å². The SMILES string of the molecule is Cc1nc2nnc(-c3ccnc(N4CCN(C)CC4)n3)c(C)n2n1. The Bertz CT molecular complexity index is 880. The Morgan fingerprint density at radius 3 is 2.58 bits per heavy atom. The average Bonchev–Trinajstić information content (AvgIpc) is 2.97. The normalized spacial score (nSPS) is 16.0. The highest BCUT2D eigenvalue weighted by Gasteiger charge is 2.18. The fourth-order valence-corrected chi connectivity index (χ4v) is 2.84. The van der Waals surface area contributed by atoms with Crippen LogP contribution in [-0.4, -0.2) is 72.9 Å². The van der Waals surface area contributed by atoms with Gasteiger partial charge in [0, 0.05) is 32.4 Å². The number of anilines is 1. The highest BCUT2D eigenvalue weighted by Crippen LogP contribution is 2.20. The van der Waals surface area contributed by atoms with Crippen LogP contribution in [0.2, 0.25) is 0 Å². The lowest BCUT2D eigenvalue weighted by Gasteiger charge is -2.32. The summed E-state index contributed by atoms with van der Waals surface area (Å²) in [6.45, 7) is 7.65. The Balaban J connectivity index is 1.72. The predicted molar refractivity (Wildman–Crippen MR) is 88.8 cm³/mol. The van der Waals surface area contributed by atoms with Gasteiger partial charge in [-0.3, -0.25) is 0 Å². The van der Waals surface area contributed by atoms with Crippen LogP contribution in [0.4, 0.5) is 5.95 Å². The van der Waals surface area contributed by atoms with Crippen molar-refractivity contribution < 1.29 is 0 Å². The molecule has 4 rings (SSSR count). The van der Waals surface area contributed by atoms with Crippen molar-refractivity contribution in [3.63, 3.8) is 0 Å². The lowest BCUT2D eigenvalue weighted by Crippen LogP contribution is -2.45. The molecule has 0 atom stereocenters. The lowest BCUT2D eigenvalue weighted by atomic mass is 10.2. The Morgan fingerprint density at radius 2 is 1.79 bits per heavy atom. The van der Waals surface area contributed by atoms with Crippen LogP contribution in [-0.2, 0) is 0 Å². The molecule has 0 saturated carbocycles. The quantitative estimate of drug-likeness (QED) is 0.667. The molecular weight excluding hydrogens is 306 g/mol. The van der Waals surface area contributed by atoms with Gasteiger partial charge in [-0.1, -0.05) is 0 Å². The Labute approximate surface area is 139 Å². The Morgan fingerprint density at radius 1 is 1.00 bits per heavy atom. The maximum atomic E-state index is 4.70. The fraction of sp³-hybridized carbons (Fsp3) is 0.467. The summed E-state index contributed by atoms with van der Waals surface area (Å²) >= 11 is 0. The zero-order valence-electron chi connectivity index (χ0n) is 14.0. The van der Waals surface area contributed by atoms with Crippen LogP contribution in [0, 0.1) is 13.8 Å². The highest BCUT2D eigenvalue weighted by molar-refractivity contribution is 5.58. The van der Waals surface area contributed by atoms with Crippen LogP contribution in [0.5, 0.6) is 0 Å². The second kappa shape index (κ2) is 5.75. The standard InChI is InChI=1S/C15H19N9/c1-10-13(19-20-15-17-11(2)21-24(10)15)12-4-5-16-14(18-12)23-8-6-22(3)7-9-23/h4-5H,6-9H2,1-3H3. The molecule has 0 unspecified atom stereocenters. The average molecular weight is 325 g/mol. The second-order valence-corrected chi connectivity index (χ2v) is 6.04. The van der Waals surface area contributed by atoms with Gasteiger partial charge < -0.3 is 9.80 Å². The van der Waals surface area contributed by atoms with Gasteiger partial charge in [-0.15, -0.1) is 15.3 Å². The van der Waals surface area contributed by atoms with Gasteiger partial charge in [-0.2, -0.15) is 9.50 Å². The Hall–Kier alpha value is -2.68. The molecule has 0 radical (unpaired) electrons. The molecule has 24 heavy (non-hydrogen) atoms. The third-order valence-electron chi connectivity index (χ3n) is 4.27. The van der Waals surface area contributed by atoms with Crippen molar-refractivity contribution in [3.05, 3.63) is 23.8 Å². The van der Waals surface area contributed by atoms with E-state index >= 15 is 0 Å². The summed E-state index contributed by atoms with van der Waals surface area (Å²) in [5.74, 6) is 1.91. The van der Waals surface area contributed by atoms with E-state index in [-0.39, 0.29) is 0 Å². The van der Waals surface area contributed by atoms with Gasteiger partial charge in [-0.05, 0) is 27.0 Å². The summed E-state index contributed by atoms with van der Waals surface area (Å²) in [4.78, 5) is 17.9. The highest BCUT2D eigenvalue weighted by atomic mass is 15.4. The summed E-state index contributed by atoms with van der Waals surface area (Å²) in [5, 5.41) is 12.8. The molecule has 9 heteroatoms. The zero-order valence-corrected chi connectivity index (χ0v) is 14.0. The van der Waals surface area contributed by atoms with Gasteiger partial charge in [0.2, 0.25) is 5.95 Å². The van der Waals surface area contributed by atoms with Gasteiger partial charge >= 0.3 is 0 Å². The summed E-state index contributed by atoms with van der Waals surface area (Å²) in [5.41, 5.74) is 2.31. The molecule has 0 N–H and O–H groups in total. The molecule has 9 nitrogen and oxygen atoms in total. The summed E-state index contributed by atoms with van der Waals surface area (Å²) < 4.78 is 1.70. The van der Waals surface area contributed by atoms with E-state index in [0.717, 1.165) is 43.5 Å². The third kappa shape index (κ3) is 2.56. The van der Waals surface area contributed by atoms with Gasteiger partial charge in [0.15, 0.2) is 0 Å². The van der Waals surface area contributed by atoms with Crippen LogP contribution in [0.15, 0.2) is 12.3 Å². The van der Waals surface area contributed by atoms with E-state index in [2.05, 4.69) is 42.1 Å². The number of piperazine rings is 1. The van der Waals surface area contributed by atoms with E-state index in [1.807, 2.05) is 19.9 Å². The second-order valence-electron chi connectivity index (χ2n) is 6.04. The van der Waals surface area contributed by atoms with Crippen LogP contribution >= 0.6 is 0 Å². The molecule has 1 saturated heterocycles. The molecule has 1 aliphatic heterocycles. The van der Waals surface area contributed by atoms with Gasteiger partial charge in [0.05, 0.1) is 11.4 Å². The maximum absolute atomic E-state index is 4.70. The molecule has 0 bridgehead atoms. The molecule has 3 aromatic heterocycles. The largest absolute Gasteiger partial charge is 0.338 e. The minimum Gasteiger partial charge on any atom is -0.338 e. The molecule has 1 fully saturated rings. The van der Waals surface area contributed by atoms with Gasteiger partial charge in [0.25, 0.3) is 5.78 Å². The zero-order chi connectivity index (χ0) is 16.7. The third-order valence-corrected chi connectivity index (χ3v) is 4.27. The van der Waals surface area contributed by atoms with Crippen LogP contribution in [0.1, 0.15) is 11.5 Å². The predicted octanol–water partition coefficient (Wildman–Crippen LogP) is 0.345. The lowest BCUT2D eigenvalue weighted by molar-refractivity contribution is 0.311. The van der Waals surface area contributed by atoms with E-state index in [9.17, 15) is 0 Å². The smallest absolute Gasteiger partial charge is 0.272 e. The molecule has 0 amide bonds. The number of aryl methyl sites for hydroxylation is 2. The number of nitrogens with zero attached hydrogens (tertiary/aromatic N) is 9. The first kappa shape index (κ1) is 14.9. The monoisotopic (exact) mass is 325 g/mol. The number of hydrogen-bond donors (Lipinski definition) is 0. The number of hydrogen-bond acceptors (Lipinski definition) is 8. The molecule has 124 valence electrons. The van der Waals surface area contributed by atoms with Gasteiger partial charge in [0.1, 0.15) is 11.5 Å². The van der Waals surface area contributed by atoms with Crippen molar-refractivity contribution in [3.8, 4) is 11.4 Å². The topological polar surface area (TPSA) is 88.2 Å². The Kier molecular flexibility index (Phi) is 3.57. The first-order valence-corrected chi connectivity index (χ1v) is 7.95. The number of fused-ring (bicyclic) bond motifs is 1. The summed E-state index contributed by atoms with van der Waals surface area (Å²) in [6.07, 6.45) is 1.77. The molecule has 0 spiro atoms. The van der Waals surface area contributed by atoms with E-state index in [0.29, 0.717) is 17.3 Å². The molecule has 0 aliphatic carbocycles. The molecule has 0 aromatic carbocycles. The molecular formula is C15H19N9. The van der Waals surface area contributed by atoms with Crippen LogP contribution < -0.4 is 4.90 Å². The van der Waals surface area contributed by atoms with E-state index < -0.39 is 0 Å². The van der Waals surface area contributed by atoms with Crippen molar-refractivity contribution in [2.75, 3.05) is 38.1 Å². The van der Waals surface area contributed by atoms with E-state index in [1.54, 1.807) is 10.7 Å². The molecule has 3 aromatic rings. The van der Waals surface area contributed by atoms with Crippen molar-refractivity contribution in [1.29, 1.82) is 0 Å². The minimum atomic E-state index is 0.502. The minimum absolute atomic E-state index is 0.502. The van der Waals surface area contributed by atoms with Crippen LogP contribution in [0.25, 0.3) is 17.2 Å². The van der Waals surface area contributed by atoms with Crippen molar-refractivity contribution >= 4 is 11.7 Å². The van der Waals surface area contributed by atoms with E-state index in [1.165, 1.54) is 0 Å². The van der Waals surface area contributed by atoms with Crippen molar-refractivity contribution in [1.82, 2.24) is 39.7 Å². The summed E-state index contributed by atoms with van der Waals surface area (Å²) in [6, 6.07) is 1.85. The maximum Gasteiger partial charge on any atom is 0.272 e. The first-order chi connectivity index (χ1) is 11.6. The number of rotatable bonds is 2. The fourth-order valence-electron chi connectivity index (χ4n) is 2.84. The van der Waals surface area contributed by atoms with E-state index in [4.69, 9.17) is 4.98 Å². The van der Waals surface area contributed by atoms with Crippen molar-refractivity contribution in [2.24, 2.45) is 0 Å².